The predicted molar refractivity (Wildman–Crippen MR) is 62.3 cm³/mol. The highest BCUT2D eigenvalue weighted by Gasteiger charge is 2.25. The Labute approximate surface area is 93.1 Å². The molecule has 0 aromatic carbocycles. The van der Waals surface area contributed by atoms with E-state index in [0.717, 1.165) is 25.9 Å². The second-order valence-electron chi connectivity index (χ2n) is 4.57. The van der Waals surface area contributed by atoms with Crippen LogP contribution in [0.5, 0.6) is 0 Å². The topological polar surface area (TPSA) is 49.4 Å². The van der Waals surface area contributed by atoms with Crippen LogP contribution in [0.25, 0.3) is 0 Å². The highest BCUT2D eigenvalue weighted by atomic mass is 32.2. The molecule has 0 aromatic heterocycles. The number of nitrogens with zero attached hydrogens (tertiary/aromatic N) is 1. The molecule has 0 aromatic rings. The van der Waals surface area contributed by atoms with E-state index in [1.54, 1.807) is 20.9 Å². The van der Waals surface area contributed by atoms with E-state index in [2.05, 4.69) is 5.32 Å². The zero-order valence-electron chi connectivity index (χ0n) is 9.86. The fourth-order valence-corrected chi connectivity index (χ4v) is 3.03. The van der Waals surface area contributed by atoms with E-state index in [9.17, 15) is 8.42 Å². The molecule has 1 fully saturated rings. The second kappa shape index (κ2) is 5.27. The van der Waals surface area contributed by atoms with E-state index in [1.807, 2.05) is 0 Å². The molecule has 1 aliphatic heterocycles. The fraction of sp³-hybridized carbons (Fsp3) is 1.00. The minimum Gasteiger partial charge on any atom is -0.317 e. The minimum atomic E-state index is -3.06. The van der Waals surface area contributed by atoms with Crippen LogP contribution in [0.4, 0.5) is 0 Å². The summed E-state index contributed by atoms with van der Waals surface area (Å²) in [6, 6.07) is 0. The van der Waals surface area contributed by atoms with Crippen molar-refractivity contribution < 1.29 is 8.42 Å². The zero-order chi connectivity index (χ0) is 11.5. The maximum atomic E-state index is 11.8. The minimum absolute atomic E-state index is 0.316. The first-order valence-electron chi connectivity index (χ1n) is 5.60. The Morgan fingerprint density at radius 2 is 1.87 bits per heavy atom. The van der Waals surface area contributed by atoms with Crippen molar-refractivity contribution in [3.63, 3.8) is 0 Å². The van der Waals surface area contributed by atoms with Crippen molar-refractivity contribution in [1.82, 2.24) is 9.62 Å². The van der Waals surface area contributed by atoms with Gasteiger partial charge in [0.05, 0.1) is 5.25 Å². The van der Waals surface area contributed by atoms with Crippen LogP contribution in [0.1, 0.15) is 26.7 Å². The molecule has 1 saturated heterocycles. The molecule has 1 N–H and O–H groups in total. The highest BCUT2D eigenvalue weighted by Crippen LogP contribution is 2.16. The summed E-state index contributed by atoms with van der Waals surface area (Å²) in [5.41, 5.74) is 0. The van der Waals surface area contributed by atoms with Gasteiger partial charge >= 0.3 is 0 Å². The Bertz CT molecular complexity index is 282. The van der Waals surface area contributed by atoms with Crippen molar-refractivity contribution >= 4 is 10.0 Å². The molecule has 15 heavy (non-hydrogen) atoms. The smallest absolute Gasteiger partial charge is 0.216 e. The standard InChI is InChI=1S/C10H22N2O2S/c1-9(2)15(13,14)12(3)8-10-4-6-11-7-5-10/h9-11H,4-8H2,1-3H3. The van der Waals surface area contributed by atoms with Gasteiger partial charge in [-0.2, -0.15) is 0 Å². The summed E-state index contributed by atoms with van der Waals surface area (Å²) in [5, 5.41) is 2.97. The summed E-state index contributed by atoms with van der Waals surface area (Å²) in [4.78, 5) is 0. The van der Waals surface area contributed by atoms with Gasteiger partial charge in [0, 0.05) is 13.6 Å². The number of piperidine rings is 1. The van der Waals surface area contributed by atoms with Crippen molar-refractivity contribution in [2.24, 2.45) is 5.92 Å². The summed E-state index contributed by atoms with van der Waals surface area (Å²) in [6.45, 7) is 6.16. The second-order valence-corrected chi connectivity index (χ2v) is 7.16. The lowest BCUT2D eigenvalue weighted by Gasteiger charge is -2.28. The Balaban J connectivity index is 2.50. The number of sulfonamides is 1. The van der Waals surface area contributed by atoms with Crippen LogP contribution in [-0.4, -0.2) is 44.7 Å². The third-order valence-electron chi connectivity index (χ3n) is 3.00. The molecular weight excluding hydrogens is 212 g/mol. The van der Waals surface area contributed by atoms with E-state index in [-0.39, 0.29) is 5.25 Å². The van der Waals surface area contributed by atoms with Gasteiger partial charge in [-0.05, 0) is 45.7 Å². The molecule has 0 unspecified atom stereocenters. The number of hydrogen-bond acceptors (Lipinski definition) is 3. The monoisotopic (exact) mass is 234 g/mol. The first kappa shape index (κ1) is 12.9. The first-order valence-corrected chi connectivity index (χ1v) is 7.10. The largest absolute Gasteiger partial charge is 0.317 e. The Morgan fingerprint density at radius 3 is 2.33 bits per heavy atom. The molecular formula is C10H22N2O2S. The molecule has 90 valence electrons. The summed E-state index contributed by atoms with van der Waals surface area (Å²) < 4.78 is 25.2. The van der Waals surface area contributed by atoms with Crippen molar-refractivity contribution in [3.05, 3.63) is 0 Å². The highest BCUT2D eigenvalue weighted by molar-refractivity contribution is 7.89. The molecule has 0 aliphatic carbocycles. The number of nitrogens with one attached hydrogen (secondary N) is 1. The van der Waals surface area contributed by atoms with Crippen LogP contribution in [0, 0.1) is 5.92 Å². The molecule has 0 saturated carbocycles. The van der Waals surface area contributed by atoms with Crippen LogP contribution < -0.4 is 5.32 Å². The van der Waals surface area contributed by atoms with Crippen molar-refractivity contribution in [2.45, 2.75) is 31.9 Å². The van der Waals surface area contributed by atoms with Crippen LogP contribution in [0.15, 0.2) is 0 Å². The van der Waals surface area contributed by atoms with Gasteiger partial charge in [-0.25, -0.2) is 12.7 Å². The lowest BCUT2D eigenvalue weighted by atomic mass is 9.98. The van der Waals surface area contributed by atoms with Crippen molar-refractivity contribution in [3.8, 4) is 0 Å². The van der Waals surface area contributed by atoms with Gasteiger partial charge in [-0.3, -0.25) is 0 Å². The summed E-state index contributed by atoms with van der Waals surface area (Å²) >= 11 is 0. The van der Waals surface area contributed by atoms with Crippen molar-refractivity contribution in [1.29, 1.82) is 0 Å². The Kier molecular flexibility index (Phi) is 4.55. The van der Waals surface area contributed by atoms with Crippen LogP contribution in [0.3, 0.4) is 0 Å². The van der Waals surface area contributed by atoms with E-state index < -0.39 is 10.0 Å². The third kappa shape index (κ3) is 3.43. The van der Waals surface area contributed by atoms with Gasteiger partial charge in [0.25, 0.3) is 0 Å². The lowest BCUT2D eigenvalue weighted by molar-refractivity contribution is 0.310. The summed E-state index contributed by atoms with van der Waals surface area (Å²) in [5.74, 6) is 0.518. The van der Waals surface area contributed by atoms with E-state index in [1.165, 1.54) is 4.31 Å². The van der Waals surface area contributed by atoms with Gasteiger partial charge < -0.3 is 5.32 Å². The third-order valence-corrected chi connectivity index (χ3v) is 5.21. The average Bonchev–Trinajstić information content (AvgIpc) is 2.18. The summed E-state index contributed by atoms with van der Waals surface area (Å²) in [6.07, 6.45) is 2.16. The van der Waals surface area contributed by atoms with Gasteiger partial charge in [0.1, 0.15) is 0 Å². The van der Waals surface area contributed by atoms with Gasteiger partial charge in [0.15, 0.2) is 0 Å². The van der Waals surface area contributed by atoms with Gasteiger partial charge in [-0.1, -0.05) is 0 Å². The molecule has 0 radical (unpaired) electrons. The molecule has 5 heteroatoms. The predicted octanol–water partition coefficient (Wildman–Crippen LogP) is 0.656. The molecule has 0 spiro atoms. The molecule has 0 amide bonds. The Morgan fingerprint density at radius 1 is 1.33 bits per heavy atom. The fourth-order valence-electron chi connectivity index (χ4n) is 1.89. The average molecular weight is 234 g/mol. The van der Waals surface area contributed by atoms with Gasteiger partial charge in [0.2, 0.25) is 10.0 Å². The van der Waals surface area contributed by atoms with E-state index >= 15 is 0 Å². The quantitative estimate of drug-likeness (QED) is 0.777. The molecule has 1 aliphatic rings. The Hall–Kier alpha value is -0.130. The molecule has 1 heterocycles. The molecule has 1 rings (SSSR count). The molecule has 0 bridgehead atoms. The van der Waals surface area contributed by atoms with Crippen LogP contribution >= 0.6 is 0 Å². The number of hydrogen-bond donors (Lipinski definition) is 1. The van der Waals surface area contributed by atoms with Gasteiger partial charge in [-0.15, -0.1) is 0 Å². The normalized spacial score (nSPS) is 20.1. The SMILES string of the molecule is CC(C)S(=O)(=O)N(C)CC1CCNCC1. The maximum Gasteiger partial charge on any atom is 0.216 e. The van der Waals surface area contributed by atoms with Crippen molar-refractivity contribution in [2.75, 3.05) is 26.7 Å². The lowest BCUT2D eigenvalue weighted by Crippen LogP contribution is -2.39. The summed E-state index contributed by atoms with van der Waals surface area (Å²) in [7, 11) is -1.37. The van der Waals surface area contributed by atoms with E-state index in [0.29, 0.717) is 12.5 Å². The molecule has 4 nitrogen and oxygen atoms in total. The van der Waals surface area contributed by atoms with Crippen LogP contribution in [0.2, 0.25) is 0 Å². The molecule has 0 atom stereocenters. The number of rotatable bonds is 4. The maximum absolute atomic E-state index is 11.8. The zero-order valence-corrected chi connectivity index (χ0v) is 10.7. The van der Waals surface area contributed by atoms with Crippen LogP contribution in [-0.2, 0) is 10.0 Å². The van der Waals surface area contributed by atoms with E-state index in [4.69, 9.17) is 0 Å². The first-order chi connectivity index (χ1) is 6.94.